The fourth-order valence-corrected chi connectivity index (χ4v) is 2.73. The molecule has 2 aromatic heterocycles. The van der Waals surface area contributed by atoms with Crippen molar-refractivity contribution >= 4 is 16.3 Å². The molecule has 0 radical (unpaired) electrons. The highest BCUT2D eigenvalue weighted by Crippen LogP contribution is 2.40. The van der Waals surface area contributed by atoms with E-state index in [4.69, 9.17) is 0 Å². The first kappa shape index (κ1) is 8.17. The summed E-state index contributed by atoms with van der Waals surface area (Å²) in [5, 5.41) is 2.07. The van der Waals surface area contributed by atoms with Crippen molar-refractivity contribution in [3.05, 3.63) is 33.2 Å². The second kappa shape index (κ2) is 2.67. The van der Waals surface area contributed by atoms with Crippen molar-refractivity contribution in [2.75, 3.05) is 0 Å². The Kier molecular flexibility index (Phi) is 1.56. The Hall–Kier alpha value is -1.16. The fraction of sp³-hybridized carbons (Fsp3) is 0.400. The van der Waals surface area contributed by atoms with Gasteiger partial charge in [0.15, 0.2) is 4.96 Å². The van der Waals surface area contributed by atoms with Gasteiger partial charge in [-0.3, -0.25) is 9.20 Å². The molecule has 0 atom stereocenters. The maximum atomic E-state index is 11.7. The zero-order chi connectivity index (χ0) is 9.71. The largest absolute Gasteiger partial charge is 0.269 e. The highest BCUT2D eigenvalue weighted by atomic mass is 32.1. The van der Waals surface area contributed by atoms with Gasteiger partial charge in [0, 0.05) is 28.8 Å². The SMILES string of the molecule is Cc1cc(=O)n2c(C3CC3)csc2n1. The van der Waals surface area contributed by atoms with E-state index in [2.05, 4.69) is 10.4 Å². The fourth-order valence-electron chi connectivity index (χ4n) is 1.71. The summed E-state index contributed by atoms with van der Waals surface area (Å²) in [6, 6.07) is 1.60. The standard InChI is InChI=1S/C10H10N2OS/c1-6-4-9(13)12-8(7-2-3-7)5-14-10(12)11-6/h4-5,7H,2-3H2,1H3. The predicted molar refractivity (Wildman–Crippen MR) is 56.1 cm³/mol. The van der Waals surface area contributed by atoms with Crippen molar-refractivity contribution in [1.29, 1.82) is 0 Å². The predicted octanol–water partition coefficient (Wildman–Crippen LogP) is 1.94. The Morgan fingerprint density at radius 3 is 3.07 bits per heavy atom. The summed E-state index contributed by atoms with van der Waals surface area (Å²) in [6.07, 6.45) is 2.43. The Morgan fingerprint density at radius 2 is 2.36 bits per heavy atom. The number of aromatic nitrogens is 2. The van der Waals surface area contributed by atoms with Crippen LogP contribution in [0.1, 0.15) is 30.1 Å². The molecule has 1 fully saturated rings. The first-order valence-corrected chi connectivity index (χ1v) is 5.61. The number of nitrogens with zero attached hydrogens (tertiary/aromatic N) is 2. The third-order valence-corrected chi connectivity index (χ3v) is 3.40. The lowest BCUT2D eigenvalue weighted by molar-refractivity contribution is 0.930. The number of hydrogen-bond donors (Lipinski definition) is 0. The quantitative estimate of drug-likeness (QED) is 0.714. The van der Waals surface area contributed by atoms with Gasteiger partial charge in [-0.1, -0.05) is 0 Å². The van der Waals surface area contributed by atoms with Crippen molar-refractivity contribution in [1.82, 2.24) is 9.38 Å². The molecule has 0 N–H and O–H groups in total. The molecule has 1 saturated carbocycles. The van der Waals surface area contributed by atoms with Gasteiger partial charge in [-0.15, -0.1) is 11.3 Å². The van der Waals surface area contributed by atoms with Gasteiger partial charge in [0.2, 0.25) is 0 Å². The molecular weight excluding hydrogens is 196 g/mol. The number of fused-ring (bicyclic) bond motifs is 1. The van der Waals surface area contributed by atoms with Crippen LogP contribution in [-0.2, 0) is 0 Å². The lowest BCUT2D eigenvalue weighted by atomic mass is 10.3. The van der Waals surface area contributed by atoms with E-state index in [0.717, 1.165) is 16.3 Å². The molecule has 72 valence electrons. The van der Waals surface area contributed by atoms with E-state index in [9.17, 15) is 4.79 Å². The van der Waals surface area contributed by atoms with Crippen LogP contribution in [0, 0.1) is 6.92 Å². The normalized spacial score (nSPS) is 16.4. The van der Waals surface area contributed by atoms with Crippen LogP contribution in [0.4, 0.5) is 0 Å². The second-order valence-electron chi connectivity index (χ2n) is 3.79. The first-order chi connectivity index (χ1) is 6.75. The lowest BCUT2D eigenvalue weighted by Crippen LogP contribution is -2.14. The van der Waals surface area contributed by atoms with E-state index in [1.54, 1.807) is 21.8 Å². The Balaban J connectivity index is 2.39. The van der Waals surface area contributed by atoms with Crippen molar-refractivity contribution in [2.24, 2.45) is 0 Å². The lowest BCUT2D eigenvalue weighted by Gasteiger charge is -1.98. The molecular formula is C10H10N2OS. The van der Waals surface area contributed by atoms with E-state index >= 15 is 0 Å². The summed E-state index contributed by atoms with van der Waals surface area (Å²) in [5.74, 6) is 0.603. The van der Waals surface area contributed by atoms with Crippen LogP contribution in [-0.4, -0.2) is 9.38 Å². The van der Waals surface area contributed by atoms with Crippen LogP contribution in [0.3, 0.4) is 0 Å². The maximum Gasteiger partial charge on any atom is 0.258 e. The van der Waals surface area contributed by atoms with Gasteiger partial charge in [-0.25, -0.2) is 4.98 Å². The van der Waals surface area contributed by atoms with E-state index in [-0.39, 0.29) is 5.56 Å². The summed E-state index contributed by atoms with van der Waals surface area (Å²) in [6.45, 7) is 1.86. The minimum absolute atomic E-state index is 0.0654. The van der Waals surface area contributed by atoms with Crippen molar-refractivity contribution in [3.63, 3.8) is 0 Å². The van der Waals surface area contributed by atoms with E-state index in [1.165, 1.54) is 12.8 Å². The number of hydrogen-bond acceptors (Lipinski definition) is 3. The molecule has 1 aliphatic rings. The Labute approximate surface area is 85.0 Å². The summed E-state index contributed by atoms with van der Waals surface area (Å²) in [5.41, 5.74) is 2.03. The zero-order valence-corrected chi connectivity index (χ0v) is 8.67. The smallest absolute Gasteiger partial charge is 0.258 e. The van der Waals surface area contributed by atoms with Crippen LogP contribution < -0.4 is 5.56 Å². The molecule has 4 heteroatoms. The average molecular weight is 206 g/mol. The van der Waals surface area contributed by atoms with Crippen LogP contribution >= 0.6 is 11.3 Å². The molecule has 3 nitrogen and oxygen atoms in total. The van der Waals surface area contributed by atoms with Gasteiger partial charge in [0.05, 0.1) is 0 Å². The molecule has 0 aromatic carbocycles. The summed E-state index contributed by atoms with van der Waals surface area (Å²) in [7, 11) is 0. The molecule has 0 amide bonds. The van der Waals surface area contributed by atoms with E-state index in [0.29, 0.717) is 5.92 Å². The molecule has 0 aliphatic heterocycles. The van der Waals surface area contributed by atoms with Crippen LogP contribution in [0.25, 0.3) is 4.96 Å². The molecule has 2 heterocycles. The molecule has 14 heavy (non-hydrogen) atoms. The van der Waals surface area contributed by atoms with Gasteiger partial charge < -0.3 is 0 Å². The molecule has 0 saturated heterocycles. The van der Waals surface area contributed by atoms with Crippen molar-refractivity contribution in [3.8, 4) is 0 Å². The number of rotatable bonds is 1. The molecule has 1 aliphatic carbocycles. The van der Waals surface area contributed by atoms with Crippen molar-refractivity contribution in [2.45, 2.75) is 25.7 Å². The van der Waals surface area contributed by atoms with Gasteiger partial charge in [-0.05, 0) is 19.8 Å². The topological polar surface area (TPSA) is 34.4 Å². The molecule has 0 spiro atoms. The van der Waals surface area contributed by atoms with Crippen molar-refractivity contribution < 1.29 is 0 Å². The highest BCUT2D eigenvalue weighted by molar-refractivity contribution is 7.15. The zero-order valence-electron chi connectivity index (χ0n) is 7.86. The molecule has 2 aromatic rings. The minimum atomic E-state index is 0.0654. The highest BCUT2D eigenvalue weighted by Gasteiger charge is 2.27. The van der Waals surface area contributed by atoms with Crippen LogP contribution in [0.2, 0.25) is 0 Å². The Morgan fingerprint density at radius 1 is 1.57 bits per heavy atom. The monoisotopic (exact) mass is 206 g/mol. The van der Waals surface area contributed by atoms with Gasteiger partial charge in [0.25, 0.3) is 5.56 Å². The minimum Gasteiger partial charge on any atom is -0.269 e. The number of thiazole rings is 1. The van der Waals surface area contributed by atoms with Gasteiger partial charge in [0.1, 0.15) is 0 Å². The maximum absolute atomic E-state index is 11.7. The third kappa shape index (κ3) is 1.10. The average Bonchev–Trinajstić information content (AvgIpc) is 2.87. The van der Waals surface area contributed by atoms with Crippen LogP contribution in [0.5, 0.6) is 0 Å². The summed E-state index contributed by atoms with van der Waals surface area (Å²) in [4.78, 5) is 16.9. The number of aryl methyl sites for hydroxylation is 1. The Bertz CT molecular complexity index is 551. The van der Waals surface area contributed by atoms with E-state index < -0.39 is 0 Å². The summed E-state index contributed by atoms with van der Waals surface area (Å²) >= 11 is 1.56. The second-order valence-corrected chi connectivity index (χ2v) is 4.63. The van der Waals surface area contributed by atoms with Gasteiger partial charge >= 0.3 is 0 Å². The summed E-state index contributed by atoms with van der Waals surface area (Å²) < 4.78 is 1.76. The van der Waals surface area contributed by atoms with Gasteiger partial charge in [-0.2, -0.15) is 0 Å². The molecule has 0 unspecified atom stereocenters. The molecule has 3 rings (SSSR count). The van der Waals surface area contributed by atoms with Crippen LogP contribution in [0.15, 0.2) is 16.2 Å². The molecule has 0 bridgehead atoms. The first-order valence-electron chi connectivity index (χ1n) is 4.73. The third-order valence-electron chi connectivity index (χ3n) is 2.55. The van der Waals surface area contributed by atoms with E-state index in [1.807, 2.05) is 6.92 Å².